The molecule has 1 atom stereocenters. The third kappa shape index (κ3) is 3.40. The highest BCUT2D eigenvalue weighted by atomic mass is 19.1. The van der Waals surface area contributed by atoms with Crippen molar-refractivity contribution in [2.24, 2.45) is 7.05 Å². The van der Waals surface area contributed by atoms with Crippen LogP contribution in [0.25, 0.3) is 22.5 Å². The van der Waals surface area contributed by atoms with E-state index in [0.29, 0.717) is 35.9 Å². The molecule has 0 radical (unpaired) electrons. The summed E-state index contributed by atoms with van der Waals surface area (Å²) in [7, 11) is 3.45. The third-order valence-electron chi connectivity index (χ3n) is 6.03. The van der Waals surface area contributed by atoms with E-state index in [2.05, 4.69) is 10.1 Å². The number of nitrogens with zero attached hydrogens (tertiary/aromatic N) is 5. The minimum absolute atomic E-state index is 0.268. The number of benzene rings is 1. The summed E-state index contributed by atoms with van der Waals surface area (Å²) < 4.78 is 29.9. The summed E-state index contributed by atoms with van der Waals surface area (Å²) in [5.41, 5.74) is 11.9. The van der Waals surface area contributed by atoms with Crippen molar-refractivity contribution >= 4 is 5.82 Å². The van der Waals surface area contributed by atoms with Gasteiger partial charge in [0.05, 0.1) is 19.0 Å². The number of hydrogen-bond donors (Lipinski definition) is 1. The number of nitrogens with two attached hydrogens (primary N) is 1. The van der Waals surface area contributed by atoms with Gasteiger partial charge in [-0.25, -0.2) is 14.1 Å². The molecule has 0 spiro atoms. The number of aromatic nitrogens is 5. The summed E-state index contributed by atoms with van der Waals surface area (Å²) in [6.07, 6.45) is 3.59. The highest BCUT2D eigenvalue weighted by Gasteiger charge is 2.27. The second-order valence-electron chi connectivity index (χ2n) is 8.07. The number of anilines is 1. The zero-order chi connectivity index (χ0) is 23.3. The van der Waals surface area contributed by atoms with Crippen molar-refractivity contribution in [3.05, 3.63) is 59.2 Å². The Hall–Kier alpha value is -3.88. The number of methoxy groups -OCH3 is 1. The molecule has 0 amide bonds. The number of rotatable bonds is 2. The molecule has 1 aliphatic heterocycles. The fourth-order valence-electron chi connectivity index (χ4n) is 4.52. The van der Waals surface area contributed by atoms with Crippen LogP contribution in [0.3, 0.4) is 0 Å². The van der Waals surface area contributed by atoms with Gasteiger partial charge in [0.15, 0.2) is 11.6 Å². The molecule has 0 fully saturated rings. The van der Waals surface area contributed by atoms with E-state index in [1.54, 1.807) is 24.1 Å². The van der Waals surface area contributed by atoms with Gasteiger partial charge in [-0.15, -0.1) is 0 Å². The first kappa shape index (κ1) is 21.0. The topological polar surface area (TPSA) is 93.0 Å². The van der Waals surface area contributed by atoms with Crippen LogP contribution in [0.5, 0.6) is 11.6 Å². The maximum atomic E-state index is 14.3. The lowest BCUT2D eigenvalue weighted by atomic mass is 9.94. The Balaban J connectivity index is 1.85. The maximum Gasteiger partial charge on any atom is 0.215 e. The molecule has 4 heterocycles. The number of aryl methyl sites for hydroxylation is 2. The molecule has 0 aliphatic carbocycles. The van der Waals surface area contributed by atoms with E-state index >= 15 is 0 Å². The van der Waals surface area contributed by atoms with E-state index in [1.807, 2.05) is 37.8 Å². The van der Waals surface area contributed by atoms with Gasteiger partial charge in [0, 0.05) is 54.0 Å². The first-order chi connectivity index (χ1) is 15.9. The van der Waals surface area contributed by atoms with Crippen molar-refractivity contribution < 1.29 is 13.9 Å². The van der Waals surface area contributed by atoms with Crippen LogP contribution in [0.2, 0.25) is 0 Å². The number of ether oxygens (including phenoxy) is 2. The Morgan fingerprint density at radius 3 is 2.85 bits per heavy atom. The standard InChI is InChI=1S/C24H25FN6O2/c1-5-31-22-14(12-28-31)8-19-21(29-30(3)24(19)32-4)17-7-6-16(25)10-18(17)13(2)33-20-9-15(22)11-27-23(20)26/h6-7,9-13H,5,8H2,1-4H3,(H2,26,27). The van der Waals surface area contributed by atoms with Gasteiger partial charge in [-0.3, -0.25) is 4.68 Å². The third-order valence-corrected chi connectivity index (χ3v) is 6.03. The molecule has 2 bridgehead atoms. The number of fused-ring (bicyclic) bond motifs is 7. The average Bonchev–Trinajstić information content (AvgIpc) is 3.34. The molecular weight excluding hydrogens is 423 g/mol. The number of pyridine rings is 1. The Bertz CT molecular complexity index is 1360. The molecule has 8 nitrogen and oxygen atoms in total. The smallest absolute Gasteiger partial charge is 0.215 e. The molecule has 0 saturated carbocycles. The summed E-state index contributed by atoms with van der Waals surface area (Å²) in [6, 6.07) is 6.51. The first-order valence-electron chi connectivity index (χ1n) is 10.8. The van der Waals surface area contributed by atoms with E-state index in [1.165, 1.54) is 12.1 Å². The van der Waals surface area contributed by atoms with Crippen LogP contribution < -0.4 is 15.2 Å². The molecule has 170 valence electrons. The SMILES string of the molecule is CCn1ncc2c1-c1cnc(N)c(c1)OC(C)c1cc(F)ccc1-c1nn(C)c(OC)c1C2. The van der Waals surface area contributed by atoms with E-state index in [9.17, 15) is 4.39 Å². The minimum Gasteiger partial charge on any atom is -0.482 e. The van der Waals surface area contributed by atoms with Crippen molar-refractivity contribution in [2.45, 2.75) is 32.9 Å². The zero-order valence-electron chi connectivity index (χ0n) is 19.0. The monoisotopic (exact) mass is 448 g/mol. The molecule has 33 heavy (non-hydrogen) atoms. The lowest BCUT2D eigenvalue weighted by molar-refractivity contribution is 0.227. The average molecular weight is 449 g/mol. The van der Waals surface area contributed by atoms with Gasteiger partial charge in [0.25, 0.3) is 0 Å². The molecule has 3 aromatic heterocycles. The van der Waals surface area contributed by atoms with Gasteiger partial charge < -0.3 is 15.2 Å². The van der Waals surface area contributed by atoms with E-state index in [4.69, 9.17) is 20.3 Å². The molecule has 9 heteroatoms. The summed E-state index contributed by atoms with van der Waals surface area (Å²) in [6.45, 7) is 4.58. The first-order valence-corrected chi connectivity index (χ1v) is 10.8. The van der Waals surface area contributed by atoms with Crippen LogP contribution in [0.1, 0.15) is 36.6 Å². The predicted molar refractivity (Wildman–Crippen MR) is 123 cm³/mol. The molecule has 2 N–H and O–H groups in total. The summed E-state index contributed by atoms with van der Waals surface area (Å²) >= 11 is 0. The van der Waals surface area contributed by atoms with Crippen LogP contribution >= 0.6 is 0 Å². The molecule has 0 saturated heterocycles. The van der Waals surface area contributed by atoms with Crippen molar-refractivity contribution in [2.75, 3.05) is 12.8 Å². The molecule has 4 aromatic rings. The van der Waals surface area contributed by atoms with Crippen LogP contribution in [-0.2, 0) is 20.0 Å². The summed E-state index contributed by atoms with van der Waals surface area (Å²) in [5.74, 6) is 0.985. The van der Waals surface area contributed by atoms with Crippen LogP contribution in [-0.4, -0.2) is 31.7 Å². The molecule has 1 aliphatic rings. The summed E-state index contributed by atoms with van der Waals surface area (Å²) in [4.78, 5) is 4.37. The lowest BCUT2D eigenvalue weighted by Gasteiger charge is -2.21. The van der Waals surface area contributed by atoms with Crippen LogP contribution in [0.15, 0.2) is 36.7 Å². The fourth-order valence-corrected chi connectivity index (χ4v) is 4.52. The summed E-state index contributed by atoms with van der Waals surface area (Å²) in [5, 5.41) is 9.34. The van der Waals surface area contributed by atoms with Crippen molar-refractivity contribution in [1.29, 1.82) is 0 Å². The minimum atomic E-state index is -0.508. The van der Waals surface area contributed by atoms with E-state index in [-0.39, 0.29) is 11.6 Å². The molecule has 5 rings (SSSR count). The van der Waals surface area contributed by atoms with Gasteiger partial charge in [-0.05, 0) is 38.1 Å². The number of nitrogen functional groups attached to an aromatic ring is 1. The van der Waals surface area contributed by atoms with Crippen LogP contribution in [0, 0.1) is 5.82 Å². The predicted octanol–water partition coefficient (Wildman–Crippen LogP) is 4.14. The van der Waals surface area contributed by atoms with Crippen molar-refractivity contribution in [3.63, 3.8) is 0 Å². The number of halogens is 1. The second kappa shape index (κ2) is 7.91. The quantitative estimate of drug-likeness (QED) is 0.495. The Morgan fingerprint density at radius 1 is 1.27 bits per heavy atom. The molecule has 1 unspecified atom stereocenters. The molecular formula is C24H25FN6O2. The van der Waals surface area contributed by atoms with Crippen molar-refractivity contribution in [1.82, 2.24) is 24.5 Å². The Labute approximate surface area is 190 Å². The number of hydrogen-bond acceptors (Lipinski definition) is 6. The highest BCUT2D eigenvalue weighted by molar-refractivity contribution is 5.73. The largest absolute Gasteiger partial charge is 0.482 e. The van der Waals surface area contributed by atoms with E-state index in [0.717, 1.165) is 27.9 Å². The van der Waals surface area contributed by atoms with Crippen LogP contribution in [0.4, 0.5) is 10.2 Å². The van der Waals surface area contributed by atoms with Gasteiger partial charge in [-0.2, -0.15) is 10.2 Å². The highest BCUT2D eigenvalue weighted by Crippen LogP contribution is 2.40. The molecule has 1 aromatic carbocycles. The maximum absolute atomic E-state index is 14.3. The lowest BCUT2D eigenvalue weighted by Crippen LogP contribution is -2.10. The van der Waals surface area contributed by atoms with Gasteiger partial charge in [-0.1, -0.05) is 0 Å². The fraction of sp³-hybridized carbons (Fsp3) is 0.292. The van der Waals surface area contributed by atoms with Gasteiger partial charge >= 0.3 is 0 Å². The Morgan fingerprint density at radius 2 is 2.09 bits per heavy atom. The van der Waals surface area contributed by atoms with Crippen molar-refractivity contribution in [3.8, 4) is 34.1 Å². The second-order valence-corrected chi connectivity index (χ2v) is 8.07. The zero-order valence-corrected chi connectivity index (χ0v) is 19.0. The normalized spacial score (nSPS) is 14.9. The van der Waals surface area contributed by atoms with Gasteiger partial charge in [0.2, 0.25) is 5.88 Å². The van der Waals surface area contributed by atoms with E-state index < -0.39 is 6.10 Å². The van der Waals surface area contributed by atoms with Gasteiger partial charge in [0.1, 0.15) is 17.6 Å². The Kier molecular flexibility index (Phi) is 5.03.